The number of nitrogens with zero attached hydrogens (tertiary/aromatic N) is 3. The van der Waals surface area contributed by atoms with Crippen LogP contribution in [0.15, 0.2) is 64.2 Å². The summed E-state index contributed by atoms with van der Waals surface area (Å²) in [7, 11) is 0. The van der Waals surface area contributed by atoms with Gasteiger partial charge in [-0.1, -0.05) is 42.5 Å². The first-order valence-electron chi connectivity index (χ1n) is 11.3. The van der Waals surface area contributed by atoms with Crippen molar-refractivity contribution in [3.63, 3.8) is 0 Å². The van der Waals surface area contributed by atoms with Crippen molar-refractivity contribution in [1.82, 2.24) is 19.1 Å². The first kappa shape index (κ1) is 21.2. The molecule has 1 aliphatic heterocycles. The number of rotatable bonds is 7. The van der Waals surface area contributed by atoms with Crippen molar-refractivity contribution in [3.8, 4) is 17.1 Å². The Kier molecular flexibility index (Phi) is 5.83. The Balaban J connectivity index is 1.75. The third-order valence-corrected chi connectivity index (χ3v) is 5.91. The molecule has 8 heteroatoms. The van der Waals surface area contributed by atoms with Crippen LogP contribution in [0, 0.1) is 0 Å². The second-order valence-corrected chi connectivity index (χ2v) is 8.11. The van der Waals surface area contributed by atoms with Gasteiger partial charge in [0.25, 0.3) is 5.56 Å². The lowest BCUT2D eigenvalue weighted by molar-refractivity contribution is 0.0982. The van der Waals surface area contributed by atoms with Crippen LogP contribution in [0.5, 0.6) is 5.75 Å². The Bertz CT molecular complexity index is 1380. The van der Waals surface area contributed by atoms with Gasteiger partial charge >= 0.3 is 5.69 Å². The Morgan fingerprint density at radius 2 is 1.88 bits per heavy atom. The van der Waals surface area contributed by atoms with Crippen LogP contribution in [0.25, 0.3) is 22.6 Å². The van der Waals surface area contributed by atoms with Gasteiger partial charge in [0.05, 0.1) is 31.4 Å². The molecule has 1 fully saturated rings. The minimum absolute atomic E-state index is 0.0192. The molecule has 3 heterocycles. The number of benzene rings is 2. The Labute approximate surface area is 190 Å². The number of H-pyrrole nitrogens is 1. The standard InChI is InChI=1S/C25H26N4O4/c1-2-32-20-13-7-6-12-19(20)22-26-23-21(28(22)16-18-11-8-14-33-18)24(30)27-25(31)29(23)15-17-9-4-3-5-10-17/h3-7,9-10,12-13,18H,2,8,11,14-16H2,1H3,(H,27,30,31)/t18-/m1/s1. The number of ether oxygens (including phenoxy) is 2. The van der Waals surface area contributed by atoms with E-state index in [-0.39, 0.29) is 6.10 Å². The molecular weight excluding hydrogens is 420 g/mol. The van der Waals surface area contributed by atoms with Crippen molar-refractivity contribution < 1.29 is 9.47 Å². The van der Waals surface area contributed by atoms with Crippen LogP contribution >= 0.6 is 0 Å². The van der Waals surface area contributed by atoms with E-state index in [1.54, 1.807) is 0 Å². The van der Waals surface area contributed by atoms with E-state index < -0.39 is 11.2 Å². The largest absolute Gasteiger partial charge is 0.493 e. The summed E-state index contributed by atoms with van der Waals surface area (Å²) in [4.78, 5) is 33.2. The Morgan fingerprint density at radius 1 is 1.09 bits per heavy atom. The third kappa shape index (κ3) is 4.09. The monoisotopic (exact) mass is 446 g/mol. The molecule has 1 atom stereocenters. The number of hydrogen-bond donors (Lipinski definition) is 1. The summed E-state index contributed by atoms with van der Waals surface area (Å²) in [6.45, 7) is 3.91. The molecule has 0 unspecified atom stereocenters. The van der Waals surface area contributed by atoms with E-state index in [2.05, 4.69) is 4.98 Å². The second kappa shape index (κ2) is 9.07. The number of aromatic amines is 1. The van der Waals surface area contributed by atoms with E-state index in [1.807, 2.05) is 66.1 Å². The first-order chi connectivity index (χ1) is 16.2. The molecular formula is C25H26N4O4. The van der Waals surface area contributed by atoms with Crippen molar-refractivity contribution in [2.45, 2.75) is 39.0 Å². The van der Waals surface area contributed by atoms with Crippen LogP contribution in [0.1, 0.15) is 25.3 Å². The zero-order chi connectivity index (χ0) is 22.8. The van der Waals surface area contributed by atoms with Crippen molar-refractivity contribution in [3.05, 3.63) is 81.0 Å². The van der Waals surface area contributed by atoms with Gasteiger partial charge < -0.3 is 14.0 Å². The highest BCUT2D eigenvalue weighted by atomic mass is 16.5. The quantitative estimate of drug-likeness (QED) is 0.471. The zero-order valence-corrected chi connectivity index (χ0v) is 18.5. The highest BCUT2D eigenvalue weighted by Crippen LogP contribution is 2.32. The van der Waals surface area contributed by atoms with Gasteiger partial charge in [-0.05, 0) is 37.5 Å². The average molecular weight is 447 g/mol. The maximum Gasteiger partial charge on any atom is 0.330 e. The normalized spacial score (nSPS) is 15.8. The smallest absolute Gasteiger partial charge is 0.330 e. The molecule has 170 valence electrons. The Hall–Kier alpha value is -3.65. The lowest BCUT2D eigenvalue weighted by Gasteiger charge is -2.15. The molecule has 0 spiro atoms. The number of imidazole rings is 1. The van der Waals surface area contributed by atoms with Crippen molar-refractivity contribution >= 4 is 11.2 Å². The van der Waals surface area contributed by atoms with E-state index in [0.717, 1.165) is 24.0 Å². The topological polar surface area (TPSA) is 91.1 Å². The lowest BCUT2D eigenvalue weighted by Crippen LogP contribution is -2.32. The molecule has 0 radical (unpaired) electrons. The van der Waals surface area contributed by atoms with Gasteiger partial charge in [-0.25, -0.2) is 9.78 Å². The second-order valence-electron chi connectivity index (χ2n) is 8.11. The van der Waals surface area contributed by atoms with E-state index in [9.17, 15) is 9.59 Å². The van der Waals surface area contributed by atoms with Crippen molar-refractivity contribution in [2.24, 2.45) is 0 Å². The molecule has 5 rings (SSSR count). The number of fused-ring (bicyclic) bond motifs is 1. The SMILES string of the molecule is CCOc1ccccc1-c1nc2c(c(=O)[nH]c(=O)n2Cc2ccccc2)n1C[C@H]1CCCO1. The Morgan fingerprint density at radius 3 is 2.64 bits per heavy atom. The van der Waals surface area contributed by atoms with E-state index in [0.29, 0.717) is 49.0 Å². The predicted octanol–water partition coefficient (Wildman–Crippen LogP) is 3.18. The molecule has 1 aliphatic rings. The molecule has 1 N–H and O–H groups in total. The highest BCUT2D eigenvalue weighted by molar-refractivity contribution is 5.79. The molecule has 8 nitrogen and oxygen atoms in total. The van der Waals surface area contributed by atoms with Gasteiger partial charge in [-0.3, -0.25) is 14.3 Å². The fourth-order valence-electron chi connectivity index (χ4n) is 4.39. The summed E-state index contributed by atoms with van der Waals surface area (Å²) in [5, 5.41) is 0. The molecule has 0 aliphatic carbocycles. The maximum absolute atomic E-state index is 13.1. The van der Waals surface area contributed by atoms with E-state index in [4.69, 9.17) is 14.5 Å². The summed E-state index contributed by atoms with van der Waals surface area (Å²) < 4.78 is 15.1. The van der Waals surface area contributed by atoms with Gasteiger partial charge in [0.1, 0.15) is 11.6 Å². The number of nitrogens with one attached hydrogen (secondary N) is 1. The number of para-hydroxylation sites is 1. The minimum atomic E-state index is -0.484. The van der Waals surface area contributed by atoms with Crippen molar-refractivity contribution in [2.75, 3.05) is 13.2 Å². The molecule has 0 bridgehead atoms. The average Bonchev–Trinajstić information content (AvgIpc) is 3.47. The summed E-state index contributed by atoms with van der Waals surface area (Å²) in [6.07, 6.45) is 1.87. The van der Waals surface area contributed by atoms with E-state index >= 15 is 0 Å². The van der Waals surface area contributed by atoms with Crippen LogP contribution in [0.4, 0.5) is 0 Å². The summed E-state index contributed by atoms with van der Waals surface area (Å²) >= 11 is 0. The van der Waals surface area contributed by atoms with Crippen LogP contribution in [0.2, 0.25) is 0 Å². The van der Waals surface area contributed by atoms with Gasteiger partial charge in [0.15, 0.2) is 11.2 Å². The summed E-state index contributed by atoms with van der Waals surface area (Å²) in [5.74, 6) is 1.26. The fraction of sp³-hybridized carbons (Fsp3) is 0.320. The van der Waals surface area contributed by atoms with Gasteiger partial charge in [0, 0.05) is 6.61 Å². The van der Waals surface area contributed by atoms with Crippen LogP contribution in [0.3, 0.4) is 0 Å². The van der Waals surface area contributed by atoms with Crippen LogP contribution in [-0.4, -0.2) is 38.4 Å². The molecule has 33 heavy (non-hydrogen) atoms. The van der Waals surface area contributed by atoms with Crippen LogP contribution in [-0.2, 0) is 17.8 Å². The van der Waals surface area contributed by atoms with Gasteiger partial charge in [-0.15, -0.1) is 0 Å². The molecule has 1 saturated heterocycles. The van der Waals surface area contributed by atoms with E-state index in [1.165, 1.54) is 4.57 Å². The van der Waals surface area contributed by atoms with Gasteiger partial charge in [-0.2, -0.15) is 0 Å². The lowest BCUT2D eigenvalue weighted by atomic mass is 10.1. The summed E-state index contributed by atoms with van der Waals surface area (Å²) in [6, 6.07) is 17.3. The first-order valence-corrected chi connectivity index (χ1v) is 11.3. The molecule has 0 amide bonds. The minimum Gasteiger partial charge on any atom is -0.493 e. The zero-order valence-electron chi connectivity index (χ0n) is 18.5. The summed E-state index contributed by atoms with van der Waals surface area (Å²) in [5.41, 5.74) is 1.49. The highest BCUT2D eigenvalue weighted by Gasteiger charge is 2.25. The maximum atomic E-state index is 13.1. The number of aromatic nitrogens is 4. The molecule has 2 aromatic heterocycles. The number of hydrogen-bond acceptors (Lipinski definition) is 5. The molecule has 0 saturated carbocycles. The fourth-order valence-corrected chi connectivity index (χ4v) is 4.39. The molecule has 4 aromatic rings. The molecule has 2 aromatic carbocycles. The predicted molar refractivity (Wildman–Crippen MR) is 126 cm³/mol. The van der Waals surface area contributed by atoms with Crippen molar-refractivity contribution in [1.29, 1.82) is 0 Å². The van der Waals surface area contributed by atoms with Gasteiger partial charge in [0.2, 0.25) is 0 Å². The van der Waals surface area contributed by atoms with Crippen LogP contribution < -0.4 is 16.0 Å². The third-order valence-electron chi connectivity index (χ3n) is 5.91.